The van der Waals surface area contributed by atoms with Gasteiger partial charge >= 0.3 is 5.97 Å². The van der Waals surface area contributed by atoms with E-state index in [1.54, 1.807) is 35.7 Å². The van der Waals surface area contributed by atoms with Crippen molar-refractivity contribution in [3.63, 3.8) is 0 Å². The third-order valence-electron chi connectivity index (χ3n) is 5.18. The quantitative estimate of drug-likeness (QED) is 0.489. The number of benzene rings is 2. The minimum atomic E-state index is -0.571. The molecule has 1 saturated heterocycles. The second-order valence-electron chi connectivity index (χ2n) is 6.88. The lowest BCUT2D eigenvalue weighted by molar-refractivity contribution is -0.154. The van der Waals surface area contributed by atoms with Gasteiger partial charge in [-0.3, -0.25) is 9.59 Å². The van der Waals surface area contributed by atoms with Crippen LogP contribution in [0.5, 0.6) is 0 Å². The average Bonchev–Trinajstić information content (AvgIpc) is 2.76. The van der Waals surface area contributed by atoms with Crippen LogP contribution in [0.4, 0.5) is 0 Å². The molecule has 150 valence electrons. The molecule has 0 saturated carbocycles. The Morgan fingerprint density at radius 1 is 1.07 bits per heavy atom. The molecule has 1 aliphatic rings. The molecule has 0 aliphatic carbocycles. The summed E-state index contributed by atoms with van der Waals surface area (Å²) in [5.41, 5.74) is 1.38. The van der Waals surface area contributed by atoms with Crippen LogP contribution in [0.2, 0.25) is 0 Å². The van der Waals surface area contributed by atoms with Crippen LogP contribution in [0.3, 0.4) is 0 Å². The zero-order chi connectivity index (χ0) is 20.4. The standard InChI is InChI=1S/C22H22N2O4S/c1-2-28-22(27)19-14-29-12-11-23(19)20(25)13-24-17-9-5-3-7-15(17)21(26)16-8-4-6-10-18(16)24/h3-10,19H,2,11-14H2,1H3/t19-/m1/s1. The number of rotatable bonds is 4. The van der Waals surface area contributed by atoms with Crippen molar-refractivity contribution in [1.29, 1.82) is 0 Å². The number of thioether (sulfide) groups is 1. The van der Waals surface area contributed by atoms with Gasteiger partial charge in [-0.2, -0.15) is 11.8 Å². The Kier molecular flexibility index (Phi) is 5.58. The summed E-state index contributed by atoms with van der Waals surface area (Å²) in [4.78, 5) is 40.1. The number of amides is 1. The van der Waals surface area contributed by atoms with Crippen LogP contribution in [0.25, 0.3) is 21.8 Å². The molecule has 1 aliphatic heterocycles. The van der Waals surface area contributed by atoms with Crippen molar-refractivity contribution in [2.24, 2.45) is 0 Å². The number of para-hydroxylation sites is 2. The molecule has 1 aromatic heterocycles. The van der Waals surface area contributed by atoms with E-state index in [0.717, 1.165) is 5.75 Å². The van der Waals surface area contributed by atoms with E-state index in [1.165, 1.54) is 0 Å². The van der Waals surface area contributed by atoms with E-state index in [1.807, 2.05) is 41.0 Å². The van der Waals surface area contributed by atoms with Crippen LogP contribution in [0.15, 0.2) is 53.3 Å². The monoisotopic (exact) mass is 410 g/mol. The minimum absolute atomic E-state index is 0.0429. The number of fused-ring (bicyclic) bond motifs is 2. The lowest BCUT2D eigenvalue weighted by Gasteiger charge is -2.34. The first-order valence-electron chi connectivity index (χ1n) is 9.66. The molecule has 29 heavy (non-hydrogen) atoms. The largest absolute Gasteiger partial charge is 0.464 e. The normalized spacial score (nSPS) is 16.9. The maximum absolute atomic E-state index is 13.3. The molecule has 0 unspecified atom stereocenters. The van der Waals surface area contributed by atoms with Crippen LogP contribution in [-0.4, -0.2) is 52.0 Å². The molecule has 0 N–H and O–H groups in total. The highest BCUT2D eigenvalue weighted by atomic mass is 32.2. The summed E-state index contributed by atoms with van der Waals surface area (Å²) >= 11 is 1.65. The number of nitrogens with zero attached hydrogens (tertiary/aromatic N) is 2. The smallest absolute Gasteiger partial charge is 0.329 e. The first-order chi connectivity index (χ1) is 14.1. The van der Waals surface area contributed by atoms with Gasteiger partial charge in [0.25, 0.3) is 0 Å². The van der Waals surface area contributed by atoms with Crippen molar-refractivity contribution >= 4 is 45.4 Å². The maximum Gasteiger partial charge on any atom is 0.329 e. The highest BCUT2D eigenvalue weighted by Gasteiger charge is 2.33. The number of pyridine rings is 1. The van der Waals surface area contributed by atoms with Crippen molar-refractivity contribution in [3.05, 3.63) is 58.8 Å². The molecule has 4 rings (SSSR count). The van der Waals surface area contributed by atoms with Crippen molar-refractivity contribution in [1.82, 2.24) is 9.47 Å². The van der Waals surface area contributed by atoms with Crippen molar-refractivity contribution in [2.45, 2.75) is 19.5 Å². The van der Waals surface area contributed by atoms with Gasteiger partial charge in [0.15, 0.2) is 5.43 Å². The summed E-state index contributed by atoms with van der Waals surface area (Å²) < 4.78 is 7.05. The van der Waals surface area contributed by atoms with E-state index in [9.17, 15) is 14.4 Å². The van der Waals surface area contributed by atoms with Crippen LogP contribution in [0.1, 0.15) is 6.92 Å². The SMILES string of the molecule is CCOC(=O)[C@H]1CSCCN1C(=O)Cn1c2ccccc2c(=O)c2ccccc21. The van der Waals surface area contributed by atoms with Crippen molar-refractivity contribution < 1.29 is 14.3 Å². The molecule has 1 atom stereocenters. The number of carbonyl (C=O) groups excluding carboxylic acids is 2. The Bertz CT molecular complexity index is 1080. The molecular formula is C22H22N2O4S. The zero-order valence-corrected chi connectivity index (χ0v) is 17.0. The summed E-state index contributed by atoms with van der Waals surface area (Å²) in [5.74, 6) is 0.814. The number of esters is 1. The summed E-state index contributed by atoms with van der Waals surface area (Å²) in [7, 11) is 0. The molecule has 0 radical (unpaired) electrons. The Morgan fingerprint density at radius 2 is 1.69 bits per heavy atom. The molecule has 7 heteroatoms. The fraction of sp³-hybridized carbons (Fsp3) is 0.318. The molecule has 2 aromatic carbocycles. The zero-order valence-electron chi connectivity index (χ0n) is 16.2. The van der Waals surface area contributed by atoms with Crippen LogP contribution < -0.4 is 5.43 Å². The van der Waals surface area contributed by atoms with Gasteiger partial charge in [0, 0.05) is 28.8 Å². The molecule has 0 bridgehead atoms. The summed E-state index contributed by atoms with van der Waals surface area (Å²) in [6, 6.07) is 14.1. The molecular weight excluding hydrogens is 388 g/mol. The van der Waals surface area contributed by atoms with E-state index in [2.05, 4.69) is 0 Å². The summed E-state index contributed by atoms with van der Waals surface area (Å²) in [6.45, 7) is 2.61. The highest BCUT2D eigenvalue weighted by molar-refractivity contribution is 7.99. The van der Waals surface area contributed by atoms with Crippen molar-refractivity contribution in [2.75, 3.05) is 24.7 Å². The molecule has 1 fully saturated rings. The number of aromatic nitrogens is 1. The van der Waals surface area contributed by atoms with Gasteiger partial charge in [0.05, 0.1) is 17.6 Å². The van der Waals surface area contributed by atoms with Gasteiger partial charge < -0.3 is 14.2 Å². The summed E-state index contributed by atoms with van der Waals surface area (Å²) in [6.07, 6.45) is 0. The second kappa shape index (κ2) is 8.29. The highest BCUT2D eigenvalue weighted by Crippen LogP contribution is 2.22. The Hall–Kier alpha value is -2.80. The van der Waals surface area contributed by atoms with Gasteiger partial charge in [-0.05, 0) is 31.2 Å². The van der Waals surface area contributed by atoms with E-state index in [0.29, 0.717) is 34.1 Å². The number of hydrogen-bond donors (Lipinski definition) is 0. The molecule has 1 amide bonds. The van der Waals surface area contributed by atoms with Gasteiger partial charge in [0.1, 0.15) is 12.6 Å². The lowest BCUT2D eigenvalue weighted by atomic mass is 10.1. The molecule has 0 spiro atoms. The van der Waals surface area contributed by atoms with Crippen molar-refractivity contribution in [3.8, 4) is 0 Å². The minimum Gasteiger partial charge on any atom is -0.464 e. The third-order valence-corrected chi connectivity index (χ3v) is 6.20. The number of hydrogen-bond acceptors (Lipinski definition) is 5. The van der Waals surface area contributed by atoms with Crippen LogP contribution in [-0.2, 0) is 20.9 Å². The Morgan fingerprint density at radius 3 is 2.31 bits per heavy atom. The lowest BCUT2D eigenvalue weighted by Crippen LogP contribution is -2.52. The Labute approximate surface area is 172 Å². The average molecular weight is 410 g/mol. The van der Waals surface area contributed by atoms with Gasteiger partial charge in [-0.25, -0.2) is 4.79 Å². The van der Waals surface area contributed by atoms with Crippen LogP contribution in [0, 0.1) is 0 Å². The second-order valence-corrected chi connectivity index (χ2v) is 8.03. The fourth-order valence-electron chi connectivity index (χ4n) is 3.81. The maximum atomic E-state index is 13.3. The Balaban J connectivity index is 1.77. The topological polar surface area (TPSA) is 68.6 Å². The predicted octanol–water partition coefficient (Wildman–Crippen LogP) is 2.66. The first-order valence-corrected chi connectivity index (χ1v) is 10.8. The molecule has 2 heterocycles. The van der Waals surface area contributed by atoms with E-state index >= 15 is 0 Å². The number of ether oxygens (including phenoxy) is 1. The molecule has 3 aromatic rings. The van der Waals surface area contributed by atoms with Gasteiger partial charge in [-0.15, -0.1) is 0 Å². The van der Waals surface area contributed by atoms with Crippen LogP contribution >= 0.6 is 11.8 Å². The van der Waals surface area contributed by atoms with E-state index in [-0.39, 0.29) is 30.5 Å². The van der Waals surface area contributed by atoms with Gasteiger partial charge in [0.2, 0.25) is 5.91 Å². The molecule has 6 nitrogen and oxygen atoms in total. The fourth-order valence-corrected chi connectivity index (χ4v) is 4.84. The first kappa shape index (κ1) is 19.5. The number of carbonyl (C=O) groups is 2. The van der Waals surface area contributed by atoms with E-state index in [4.69, 9.17) is 4.74 Å². The predicted molar refractivity (Wildman–Crippen MR) is 115 cm³/mol. The van der Waals surface area contributed by atoms with E-state index < -0.39 is 6.04 Å². The third kappa shape index (κ3) is 3.62. The van der Waals surface area contributed by atoms with Gasteiger partial charge in [-0.1, -0.05) is 24.3 Å². The summed E-state index contributed by atoms with van der Waals surface area (Å²) in [5, 5.41) is 1.16.